The fraction of sp³-hybridized carbons (Fsp3) is 0.714. The molecule has 25 heavy (non-hydrogen) atoms. The average molecular weight is 395 g/mol. The van der Waals surface area contributed by atoms with Gasteiger partial charge in [0.05, 0.1) is 12.6 Å². The Morgan fingerprint density at radius 2 is 1.60 bits per heavy atom. The molecule has 0 aliphatic heterocycles. The lowest BCUT2D eigenvalue weighted by Crippen LogP contribution is -2.54. The maximum atomic E-state index is 12.0. The number of nitrogens with one attached hydrogen (secondary N) is 3. The van der Waals surface area contributed by atoms with Crippen molar-refractivity contribution in [2.75, 3.05) is 18.1 Å². The van der Waals surface area contributed by atoms with E-state index in [9.17, 15) is 19.2 Å². The first kappa shape index (κ1) is 23.5. The van der Waals surface area contributed by atoms with Gasteiger partial charge in [-0.05, 0) is 12.3 Å². The van der Waals surface area contributed by atoms with Crippen molar-refractivity contribution in [1.82, 2.24) is 16.0 Å². The summed E-state index contributed by atoms with van der Waals surface area (Å²) in [6, 6.07) is -2.87. The van der Waals surface area contributed by atoms with Gasteiger partial charge in [-0.3, -0.25) is 14.4 Å². The summed E-state index contributed by atoms with van der Waals surface area (Å²) >= 11 is 7.87. The lowest BCUT2D eigenvalue weighted by atomic mass is 10.0. The molecule has 3 unspecified atom stereocenters. The predicted octanol–water partition coefficient (Wildman–Crippen LogP) is -1.61. The van der Waals surface area contributed by atoms with Crippen molar-refractivity contribution in [3.8, 4) is 0 Å². The monoisotopic (exact) mass is 394 g/mol. The Kier molecular flexibility index (Phi) is 11.3. The van der Waals surface area contributed by atoms with Crippen LogP contribution in [0.1, 0.15) is 20.3 Å². The van der Waals surface area contributed by atoms with Gasteiger partial charge in [0, 0.05) is 11.5 Å². The Balaban J connectivity index is 4.51. The van der Waals surface area contributed by atoms with Gasteiger partial charge in [0.2, 0.25) is 17.7 Å². The van der Waals surface area contributed by atoms with Crippen LogP contribution in [0.4, 0.5) is 0 Å². The Labute approximate surface area is 157 Å². The molecule has 0 bridgehead atoms. The SMILES string of the molecule is CC(C)CC(NC(=O)CNC(=O)C(CS)NC(=O)C(N)CS)C(=O)O. The van der Waals surface area contributed by atoms with E-state index < -0.39 is 48.4 Å². The van der Waals surface area contributed by atoms with Gasteiger partial charge >= 0.3 is 5.97 Å². The van der Waals surface area contributed by atoms with Crippen LogP contribution in [0.2, 0.25) is 0 Å². The molecule has 144 valence electrons. The minimum Gasteiger partial charge on any atom is -0.480 e. The minimum atomic E-state index is -1.14. The van der Waals surface area contributed by atoms with Crippen molar-refractivity contribution < 1.29 is 24.3 Å². The second kappa shape index (κ2) is 12.0. The van der Waals surface area contributed by atoms with Crippen molar-refractivity contribution in [3.05, 3.63) is 0 Å². The number of carboxylic acid groups (broad SMARTS) is 1. The van der Waals surface area contributed by atoms with E-state index in [1.54, 1.807) is 0 Å². The first-order valence-corrected chi connectivity index (χ1v) is 8.96. The lowest BCUT2D eigenvalue weighted by molar-refractivity contribution is -0.142. The number of hydrogen-bond donors (Lipinski definition) is 7. The summed E-state index contributed by atoms with van der Waals surface area (Å²) < 4.78 is 0. The maximum Gasteiger partial charge on any atom is 0.326 e. The van der Waals surface area contributed by atoms with Gasteiger partial charge in [-0.15, -0.1) is 0 Å². The van der Waals surface area contributed by atoms with Gasteiger partial charge in [0.1, 0.15) is 12.1 Å². The van der Waals surface area contributed by atoms with Crippen LogP contribution in [0.3, 0.4) is 0 Å². The predicted molar refractivity (Wildman–Crippen MR) is 99.6 cm³/mol. The summed E-state index contributed by atoms with van der Waals surface area (Å²) in [5.74, 6) is -2.77. The van der Waals surface area contributed by atoms with Crippen LogP contribution in [0.5, 0.6) is 0 Å². The molecule has 3 amide bonds. The van der Waals surface area contributed by atoms with E-state index in [2.05, 4.69) is 41.2 Å². The molecule has 0 aromatic carbocycles. The molecule has 0 rings (SSSR count). The molecule has 11 heteroatoms. The van der Waals surface area contributed by atoms with Crippen LogP contribution in [0, 0.1) is 5.92 Å². The fourth-order valence-corrected chi connectivity index (χ4v) is 2.21. The van der Waals surface area contributed by atoms with E-state index in [0.29, 0.717) is 0 Å². The Bertz CT molecular complexity index is 490. The second-order valence-corrected chi connectivity index (χ2v) is 6.57. The first-order valence-electron chi connectivity index (χ1n) is 7.69. The van der Waals surface area contributed by atoms with Crippen molar-refractivity contribution in [1.29, 1.82) is 0 Å². The highest BCUT2D eigenvalue weighted by Gasteiger charge is 2.24. The molecule has 0 aromatic rings. The number of carboxylic acids is 1. The number of amides is 3. The van der Waals surface area contributed by atoms with E-state index in [1.807, 2.05) is 13.8 Å². The summed E-state index contributed by atoms with van der Waals surface area (Å²) in [4.78, 5) is 46.6. The number of carbonyl (C=O) groups is 4. The minimum absolute atomic E-state index is 0.00356. The zero-order chi connectivity index (χ0) is 19.6. The molecule has 0 saturated heterocycles. The van der Waals surface area contributed by atoms with Crippen LogP contribution < -0.4 is 21.7 Å². The van der Waals surface area contributed by atoms with Gasteiger partial charge in [0.25, 0.3) is 0 Å². The van der Waals surface area contributed by atoms with Gasteiger partial charge in [-0.2, -0.15) is 25.3 Å². The van der Waals surface area contributed by atoms with E-state index in [4.69, 9.17) is 10.8 Å². The molecule has 6 N–H and O–H groups in total. The summed E-state index contributed by atoms with van der Waals surface area (Å²) in [5, 5.41) is 16.1. The van der Waals surface area contributed by atoms with E-state index >= 15 is 0 Å². The Morgan fingerprint density at radius 1 is 1.00 bits per heavy atom. The molecule has 0 radical (unpaired) electrons. The number of aliphatic carboxylic acids is 1. The third-order valence-corrected chi connectivity index (χ3v) is 3.87. The molecule has 0 heterocycles. The van der Waals surface area contributed by atoms with Crippen LogP contribution >= 0.6 is 25.3 Å². The maximum absolute atomic E-state index is 12.0. The number of nitrogens with two attached hydrogens (primary N) is 1. The van der Waals surface area contributed by atoms with Gasteiger partial charge in [-0.1, -0.05) is 13.8 Å². The first-order chi connectivity index (χ1) is 11.6. The molecule has 0 saturated carbocycles. The molecular weight excluding hydrogens is 368 g/mol. The molecule has 9 nitrogen and oxygen atoms in total. The van der Waals surface area contributed by atoms with Crippen LogP contribution in [0.15, 0.2) is 0 Å². The smallest absolute Gasteiger partial charge is 0.326 e. The normalized spacial score (nSPS) is 14.3. The highest BCUT2D eigenvalue weighted by Crippen LogP contribution is 2.04. The summed E-state index contributed by atoms with van der Waals surface area (Å²) in [6.07, 6.45) is 0.270. The quantitative estimate of drug-likeness (QED) is 0.210. The lowest BCUT2D eigenvalue weighted by Gasteiger charge is -2.19. The summed E-state index contributed by atoms with van der Waals surface area (Å²) in [7, 11) is 0. The molecule has 0 aliphatic rings. The number of thiol groups is 2. The fourth-order valence-electron chi connectivity index (χ4n) is 1.78. The summed E-state index contributed by atoms with van der Waals surface area (Å²) in [6.45, 7) is 3.25. The molecule has 0 aromatic heterocycles. The largest absolute Gasteiger partial charge is 0.480 e. The third-order valence-electron chi connectivity index (χ3n) is 3.11. The van der Waals surface area contributed by atoms with Crippen molar-refractivity contribution in [3.63, 3.8) is 0 Å². The van der Waals surface area contributed by atoms with Gasteiger partial charge in [0.15, 0.2) is 0 Å². The zero-order valence-electron chi connectivity index (χ0n) is 14.2. The van der Waals surface area contributed by atoms with E-state index in [1.165, 1.54) is 0 Å². The van der Waals surface area contributed by atoms with Crippen LogP contribution in [-0.4, -0.2) is 65.0 Å². The topological polar surface area (TPSA) is 151 Å². The number of carbonyl (C=O) groups excluding carboxylic acids is 3. The van der Waals surface area contributed by atoms with Gasteiger partial charge < -0.3 is 26.8 Å². The van der Waals surface area contributed by atoms with E-state index in [-0.39, 0.29) is 23.8 Å². The Morgan fingerprint density at radius 3 is 2.04 bits per heavy atom. The Hall–Kier alpha value is -1.46. The summed E-state index contributed by atoms with van der Waals surface area (Å²) in [5.41, 5.74) is 5.50. The van der Waals surface area contributed by atoms with Crippen molar-refractivity contribution >= 4 is 48.9 Å². The molecule has 0 spiro atoms. The highest BCUT2D eigenvalue weighted by molar-refractivity contribution is 7.80. The van der Waals surface area contributed by atoms with Crippen molar-refractivity contribution in [2.24, 2.45) is 11.7 Å². The zero-order valence-corrected chi connectivity index (χ0v) is 16.0. The van der Waals surface area contributed by atoms with Crippen molar-refractivity contribution in [2.45, 2.75) is 38.4 Å². The van der Waals surface area contributed by atoms with E-state index in [0.717, 1.165) is 0 Å². The molecule has 0 aliphatic carbocycles. The molecule has 0 fully saturated rings. The third kappa shape index (κ3) is 9.56. The van der Waals surface area contributed by atoms with Crippen LogP contribution in [0.25, 0.3) is 0 Å². The van der Waals surface area contributed by atoms with Gasteiger partial charge in [-0.25, -0.2) is 4.79 Å². The molecule has 3 atom stereocenters. The molecular formula is C14H26N4O5S2. The van der Waals surface area contributed by atoms with Crippen LogP contribution in [-0.2, 0) is 19.2 Å². The number of rotatable bonds is 11. The number of hydrogen-bond acceptors (Lipinski definition) is 7. The average Bonchev–Trinajstić information content (AvgIpc) is 2.55. The second-order valence-electron chi connectivity index (χ2n) is 5.84. The standard InChI is InChI=1S/C14H26N4O5S2/c1-7(2)3-9(14(22)23)17-11(19)4-16-13(21)10(6-25)18-12(20)8(15)5-24/h7-10,24-25H,3-6,15H2,1-2H3,(H,16,21)(H,17,19)(H,18,20)(H,22,23). The highest BCUT2D eigenvalue weighted by atomic mass is 32.1.